The van der Waals surface area contributed by atoms with E-state index in [2.05, 4.69) is 455 Å². The molecule has 11 nitrogen and oxygen atoms in total. The Morgan fingerprint density at radius 1 is 0.190 bits per heavy atom. The third kappa shape index (κ3) is 13.6. The number of thiophene rings is 1. The highest BCUT2D eigenvalue weighted by Crippen LogP contribution is 2.48. The van der Waals surface area contributed by atoms with Gasteiger partial charge in [0.25, 0.3) is 0 Å². The third-order valence-electron chi connectivity index (χ3n) is 28.2. The first-order valence-corrected chi connectivity index (χ1v) is 48.5. The first-order valence-electron chi connectivity index (χ1n) is 47.7. The molecule has 0 aliphatic carbocycles. The number of nitrogens with zero attached hydrogens (tertiary/aromatic N) is 8. The Bertz CT molecular complexity index is 10100. The van der Waals surface area contributed by atoms with Gasteiger partial charge in [-0.1, -0.05) is 352 Å². The fourth-order valence-electron chi connectivity index (χ4n) is 21.6. The van der Waals surface area contributed by atoms with Gasteiger partial charge in [0.2, 0.25) is 0 Å². The second-order valence-corrected chi connectivity index (χ2v) is 37.3. The van der Waals surface area contributed by atoms with E-state index in [1.807, 2.05) is 35.6 Å². The fourth-order valence-corrected chi connectivity index (χ4v) is 22.8. The molecule has 662 valence electrons. The van der Waals surface area contributed by atoms with E-state index in [1.54, 1.807) is 19.0 Å². The van der Waals surface area contributed by atoms with Gasteiger partial charge in [-0.2, -0.15) is 0 Å². The molecular weight excluding hydrogens is 1750 g/mol. The smallest absolute Gasteiger partial charge is 0.180 e. The van der Waals surface area contributed by atoms with Crippen LogP contribution in [0.5, 0.6) is 0 Å². The third-order valence-corrected chi connectivity index (χ3v) is 29.5. The monoisotopic (exact) mass is 1830 g/mol. The van der Waals surface area contributed by atoms with E-state index < -0.39 is 0 Å². The average Bonchev–Trinajstić information content (AvgIpc) is 1.62. The summed E-state index contributed by atoms with van der Waals surface area (Å²) in [6.45, 7) is 0. The largest absolute Gasteiger partial charge is 0.452 e. The number of rotatable bonds is 11. The van der Waals surface area contributed by atoms with E-state index in [9.17, 15) is 0 Å². The first kappa shape index (κ1) is 81.5. The van der Waals surface area contributed by atoms with E-state index in [0.29, 0.717) is 16.7 Å². The van der Waals surface area contributed by atoms with Gasteiger partial charge in [0.05, 0.1) is 27.5 Å². The summed E-state index contributed by atoms with van der Waals surface area (Å²) in [6, 6.07) is 162. The Labute approximate surface area is 816 Å². The Hall–Kier alpha value is -18.9. The van der Waals surface area contributed by atoms with E-state index in [1.165, 1.54) is 125 Å². The predicted octanol–water partition coefficient (Wildman–Crippen LogP) is 35.3. The number of hydrogen-bond acceptors (Lipinski definition) is 10. The minimum atomic E-state index is 0.709. The molecule has 0 amide bonds. The lowest BCUT2D eigenvalue weighted by Crippen LogP contribution is -1.92. The summed E-state index contributed by atoms with van der Waals surface area (Å²) < 4.78 is 26.9. The summed E-state index contributed by atoms with van der Waals surface area (Å²) in [5, 5.41) is 19.7. The van der Waals surface area contributed by atoms with Gasteiger partial charge < -0.3 is 22.4 Å². The quantitative estimate of drug-likeness (QED) is 0.124. The second kappa shape index (κ2) is 33.5. The molecule has 0 N–H and O–H groups in total. The summed E-state index contributed by atoms with van der Waals surface area (Å²) in [6.07, 6.45) is 4.93. The molecule has 12 heteroatoms. The van der Waals surface area contributed by atoms with Crippen molar-refractivity contribution in [3.8, 4) is 112 Å². The van der Waals surface area contributed by atoms with Gasteiger partial charge >= 0.3 is 0 Å². The van der Waals surface area contributed by atoms with Crippen molar-refractivity contribution in [2.45, 2.75) is 0 Å². The SMILES string of the molecule is c1cc(-c2cccc3c(-c4ncnc5c4oc4c6ccccc6ccc54)cccc23)cc(-c2cccc3c2sc2ccccc23)c1.c1ccc(-n2c3ccccc3c3cc(-c4ccc(-c5cccc(-c6ncnc7c6oc6c8ccccc8ccc76)c5)cc4)ccc32)cc1.c1ccc(-n2c3ccccc3c3cc(-c4ccc(-c5cccc(-c6ncnc7c6oc6ccc8ccccc8c67)c5)cc4)ccc32)cc1. The highest BCUT2D eigenvalue weighted by Gasteiger charge is 2.25. The zero-order valence-electron chi connectivity index (χ0n) is 76.2. The van der Waals surface area contributed by atoms with Gasteiger partial charge in [-0.3, -0.25) is 0 Å². The molecule has 30 rings (SSSR count). The van der Waals surface area contributed by atoms with Crippen LogP contribution in [-0.4, -0.2) is 39.0 Å². The molecule has 21 aromatic carbocycles. The summed E-state index contributed by atoms with van der Waals surface area (Å²) >= 11 is 1.87. The van der Waals surface area contributed by atoms with Crippen molar-refractivity contribution in [3.63, 3.8) is 0 Å². The Balaban J connectivity index is 0.000000104. The number of fused-ring (bicyclic) bond motifs is 25. The van der Waals surface area contributed by atoms with E-state index in [4.69, 9.17) is 28.2 Å². The average molecular weight is 1830 g/mol. The summed E-state index contributed by atoms with van der Waals surface area (Å²) in [7, 11) is 0. The molecule has 0 saturated carbocycles. The van der Waals surface area contributed by atoms with Crippen molar-refractivity contribution in [1.82, 2.24) is 39.0 Å². The summed E-state index contributed by atoms with van der Waals surface area (Å²) in [4.78, 5) is 28.2. The maximum absolute atomic E-state index is 6.61. The molecule has 0 fully saturated rings. The summed E-state index contributed by atoms with van der Waals surface area (Å²) in [5.41, 5.74) is 33.8. The molecule has 142 heavy (non-hydrogen) atoms. The first-order chi connectivity index (χ1) is 70.4. The van der Waals surface area contributed by atoms with Crippen LogP contribution >= 0.6 is 11.3 Å². The van der Waals surface area contributed by atoms with Crippen molar-refractivity contribution in [2.75, 3.05) is 0 Å². The van der Waals surface area contributed by atoms with Crippen LogP contribution in [0, 0.1) is 0 Å². The molecule has 0 radical (unpaired) electrons. The lowest BCUT2D eigenvalue weighted by Gasteiger charge is -2.12. The van der Waals surface area contributed by atoms with Crippen LogP contribution in [0.15, 0.2) is 487 Å². The topological polar surface area (TPSA) is 127 Å². The van der Waals surface area contributed by atoms with Crippen LogP contribution in [0.25, 0.3) is 285 Å². The van der Waals surface area contributed by atoms with Crippen molar-refractivity contribution >= 4 is 184 Å². The van der Waals surface area contributed by atoms with Crippen LogP contribution in [0.1, 0.15) is 0 Å². The second-order valence-electron chi connectivity index (χ2n) is 36.2. The molecule has 0 aliphatic heterocycles. The minimum absolute atomic E-state index is 0.709. The maximum atomic E-state index is 6.61. The zero-order chi connectivity index (χ0) is 93.4. The Morgan fingerprint density at radius 3 is 1.11 bits per heavy atom. The van der Waals surface area contributed by atoms with Crippen molar-refractivity contribution < 1.29 is 13.3 Å². The normalized spacial score (nSPS) is 11.8. The molecule has 9 aromatic heterocycles. The van der Waals surface area contributed by atoms with Crippen molar-refractivity contribution in [1.29, 1.82) is 0 Å². The van der Waals surface area contributed by atoms with Crippen molar-refractivity contribution in [3.05, 3.63) is 474 Å². The van der Waals surface area contributed by atoms with Gasteiger partial charge in [-0.25, -0.2) is 29.9 Å². The number of furan rings is 3. The summed E-state index contributed by atoms with van der Waals surface area (Å²) in [5.74, 6) is 0. The molecule has 30 aromatic rings. The molecule has 0 atom stereocenters. The molecule has 0 saturated heterocycles. The molecule has 0 unspecified atom stereocenters. The predicted molar refractivity (Wildman–Crippen MR) is 588 cm³/mol. The molecule has 0 spiro atoms. The van der Waals surface area contributed by atoms with E-state index >= 15 is 0 Å². The number of benzene rings is 21. The fraction of sp³-hybridized carbons (Fsp3) is 0. The lowest BCUT2D eigenvalue weighted by molar-refractivity contribution is 0.667. The van der Waals surface area contributed by atoms with Gasteiger partial charge in [0, 0.05) is 91.3 Å². The zero-order valence-corrected chi connectivity index (χ0v) is 77.1. The highest BCUT2D eigenvalue weighted by molar-refractivity contribution is 7.26. The standard InChI is InChI=1S/2C44H27N3O.C42H24N2OS/c1-2-12-34(13-3-1)47-38-16-7-6-15-36(38)37-26-32(21-23-39(37)47)29-19-17-28(18-20-29)31-10-8-11-33(25-31)42-44-43(46-27-45-42)41-35-14-5-4-9-30(35)22-24-40(41)48-44;1-2-12-34(13-3-1)47-39-16-7-6-15-36(39)38-26-32(22-24-40(38)47)29-19-17-28(18-20-29)31-10-8-11-33(25-31)41-44-42(46-27-45-41)37-23-21-30-9-4-5-14-35(30)43(37)48-44;1-2-12-29-25(9-1)21-22-36-39-41(45-40(29)36)38(43-24-44-39)34-18-8-16-31-28(14-6-17-32(31)34)26-10-5-11-27(23-26)30-15-7-19-35-33-13-3-4-20-37(33)46-42(30)35/h2*1-27H;1-24H. The van der Waals surface area contributed by atoms with Crippen LogP contribution in [-0.2, 0) is 0 Å². The molecule has 0 aliphatic rings. The maximum Gasteiger partial charge on any atom is 0.180 e. The molecule has 9 heterocycles. The van der Waals surface area contributed by atoms with Crippen LogP contribution < -0.4 is 0 Å². The lowest BCUT2D eigenvalue weighted by atomic mass is 9.92. The Morgan fingerprint density at radius 2 is 0.556 bits per heavy atom. The molecule has 0 bridgehead atoms. The van der Waals surface area contributed by atoms with Gasteiger partial charge in [0.15, 0.2) is 16.7 Å². The van der Waals surface area contributed by atoms with Gasteiger partial charge in [-0.05, 0) is 202 Å². The van der Waals surface area contributed by atoms with Gasteiger partial charge in [-0.15, -0.1) is 11.3 Å². The van der Waals surface area contributed by atoms with E-state index in [0.717, 1.165) is 143 Å². The van der Waals surface area contributed by atoms with E-state index in [-0.39, 0.29) is 0 Å². The molecular formula is C130H78N8O3S. The number of aromatic nitrogens is 8. The number of hydrogen-bond donors (Lipinski definition) is 0. The van der Waals surface area contributed by atoms with Crippen LogP contribution in [0.3, 0.4) is 0 Å². The minimum Gasteiger partial charge on any atom is -0.452 e. The van der Waals surface area contributed by atoms with Crippen LogP contribution in [0.2, 0.25) is 0 Å². The number of para-hydroxylation sites is 4. The van der Waals surface area contributed by atoms with Crippen molar-refractivity contribution in [2.24, 2.45) is 0 Å². The van der Waals surface area contributed by atoms with Gasteiger partial charge in [0.1, 0.15) is 69.4 Å². The highest BCUT2D eigenvalue weighted by atomic mass is 32.1. The van der Waals surface area contributed by atoms with Crippen LogP contribution in [0.4, 0.5) is 0 Å². The Kier molecular flexibility index (Phi) is 19.2.